The van der Waals surface area contributed by atoms with Gasteiger partial charge in [0.1, 0.15) is 5.75 Å². The Labute approximate surface area is 127 Å². The van der Waals surface area contributed by atoms with Crippen molar-refractivity contribution in [3.8, 4) is 5.75 Å². The highest BCUT2D eigenvalue weighted by Gasteiger charge is 2.33. The zero-order valence-corrected chi connectivity index (χ0v) is 13.1. The Hall–Kier alpha value is -1.60. The molecule has 112 valence electrons. The molecule has 1 aromatic carbocycles. The van der Waals surface area contributed by atoms with Gasteiger partial charge in [0, 0.05) is 23.1 Å². The van der Waals surface area contributed by atoms with Crippen molar-refractivity contribution in [2.45, 2.75) is 37.6 Å². The number of hydrogen-bond acceptors (Lipinski definition) is 5. The molecule has 0 spiro atoms. The molecule has 1 aromatic heterocycles. The minimum atomic E-state index is -3.95. The molecule has 0 radical (unpaired) electrons. The van der Waals surface area contributed by atoms with E-state index in [0.717, 1.165) is 11.3 Å². The van der Waals surface area contributed by atoms with Gasteiger partial charge in [-0.2, -0.15) is 0 Å². The number of benzene rings is 1. The van der Waals surface area contributed by atoms with Crippen molar-refractivity contribution in [1.29, 1.82) is 0 Å². The first-order valence-corrected chi connectivity index (χ1v) is 8.83. The first-order chi connectivity index (χ1) is 9.88. The molecule has 8 heteroatoms. The number of hydrogen-bond donors (Lipinski definition) is 0. The van der Waals surface area contributed by atoms with Crippen LogP contribution in [0.5, 0.6) is 5.75 Å². The summed E-state index contributed by atoms with van der Waals surface area (Å²) >= 11 is 0. The topological polar surface area (TPSA) is 74.1 Å². The molecule has 1 unspecified atom stereocenters. The molecule has 2 heterocycles. The third kappa shape index (κ3) is 2.51. The maximum absolute atomic E-state index is 11.6. The number of para-hydroxylation sites is 1. The Morgan fingerprint density at radius 1 is 1.33 bits per heavy atom. The molecule has 1 aliphatic heterocycles. The smallest absolute Gasteiger partial charge is 0.296 e. The van der Waals surface area contributed by atoms with Crippen LogP contribution in [-0.4, -0.2) is 23.2 Å². The number of fused-ring (bicyclic) bond motifs is 1. The van der Waals surface area contributed by atoms with Crippen LogP contribution in [0, 0.1) is 0 Å². The van der Waals surface area contributed by atoms with Crippen molar-refractivity contribution in [3.63, 3.8) is 0 Å². The van der Waals surface area contributed by atoms with Crippen molar-refractivity contribution in [2.75, 3.05) is 0 Å². The average molecular weight is 328 g/mol. The number of aromatic nitrogens is 3. The van der Waals surface area contributed by atoms with Gasteiger partial charge in [-0.3, -0.25) is 4.57 Å². The fraction of sp³-hybridized carbons (Fsp3) is 0.385. The lowest BCUT2D eigenvalue weighted by Gasteiger charge is -2.16. The van der Waals surface area contributed by atoms with Gasteiger partial charge in [0.25, 0.3) is 14.2 Å². The lowest BCUT2D eigenvalue weighted by atomic mass is 10.1. The number of halogens is 1. The molecule has 6 nitrogen and oxygen atoms in total. The molecule has 3 rings (SSSR count). The van der Waals surface area contributed by atoms with Crippen molar-refractivity contribution < 1.29 is 13.2 Å². The Bertz CT molecular complexity index is 761. The van der Waals surface area contributed by atoms with E-state index in [-0.39, 0.29) is 17.3 Å². The fourth-order valence-electron chi connectivity index (χ4n) is 2.49. The van der Waals surface area contributed by atoms with Gasteiger partial charge in [0.15, 0.2) is 11.9 Å². The highest BCUT2D eigenvalue weighted by molar-refractivity contribution is 8.13. The van der Waals surface area contributed by atoms with E-state index >= 15 is 0 Å². The number of ether oxygens (including phenoxy) is 1. The summed E-state index contributed by atoms with van der Waals surface area (Å²) in [5.41, 5.74) is 1.07. The maximum Gasteiger partial charge on any atom is 0.296 e. The molecule has 0 fully saturated rings. The monoisotopic (exact) mass is 327 g/mol. The van der Waals surface area contributed by atoms with Crippen LogP contribution in [0.15, 0.2) is 29.4 Å². The summed E-state index contributed by atoms with van der Waals surface area (Å²) in [5.74, 6) is 1.26. The summed E-state index contributed by atoms with van der Waals surface area (Å²) < 4.78 is 30.6. The molecule has 0 bridgehead atoms. The second-order valence-electron chi connectivity index (χ2n) is 5.16. The van der Waals surface area contributed by atoms with E-state index < -0.39 is 9.05 Å². The Morgan fingerprint density at radius 3 is 2.67 bits per heavy atom. The molecule has 21 heavy (non-hydrogen) atoms. The molecule has 0 amide bonds. The van der Waals surface area contributed by atoms with Crippen LogP contribution in [0.4, 0.5) is 0 Å². The third-order valence-corrected chi connectivity index (χ3v) is 4.49. The number of rotatable bonds is 3. The van der Waals surface area contributed by atoms with Gasteiger partial charge in [-0.25, -0.2) is 8.42 Å². The van der Waals surface area contributed by atoms with Crippen LogP contribution in [0.3, 0.4) is 0 Å². The van der Waals surface area contributed by atoms with Crippen LogP contribution in [0.25, 0.3) is 0 Å². The van der Waals surface area contributed by atoms with Gasteiger partial charge >= 0.3 is 0 Å². The molecular weight excluding hydrogens is 314 g/mol. The fourth-order valence-corrected chi connectivity index (χ4v) is 3.48. The molecular formula is C13H14ClN3O3S. The SMILES string of the molecule is CC(C)n1c(C2Cc3ccccc3O2)nnc1S(=O)(=O)Cl. The van der Waals surface area contributed by atoms with Gasteiger partial charge in [0.05, 0.1) is 0 Å². The standard InChI is InChI=1S/C13H14ClN3O3S/c1-8(2)17-12(15-16-13(17)21(14,18)19)11-7-9-5-3-4-6-10(9)20-11/h3-6,8,11H,7H2,1-2H3. The minimum Gasteiger partial charge on any atom is -0.482 e. The van der Waals surface area contributed by atoms with E-state index in [4.69, 9.17) is 15.4 Å². The van der Waals surface area contributed by atoms with Crippen molar-refractivity contribution in [2.24, 2.45) is 0 Å². The van der Waals surface area contributed by atoms with Crippen LogP contribution in [0.1, 0.15) is 37.4 Å². The average Bonchev–Trinajstić information content (AvgIpc) is 3.01. The lowest BCUT2D eigenvalue weighted by molar-refractivity contribution is 0.217. The molecule has 2 aromatic rings. The Kier molecular flexibility index (Phi) is 3.41. The summed E-state index contributed by atoms with van der Waals surface area (Å²) in [6, 6.07) is 7.54. The summed E-state index contributed by atoms with van der Waals surface area (Å²) in [6.07, 6.45) is 0.271. The third-order valence-electron chi connectivity index (χ3n) is 3.36. The zero-order valence-electron chi connectivity index (χ0n) is 11.5. The van der Waals surface area contributed by atoms with Crippen LogP contribution >= 0.6 is 10.7 Å². The quantitative estimate of drug-likeness (QED) is 0.810. The molecule has 0 N–H and O–H groups in total. The molecule has 0 saturated heterocycles. The number of nitrogens with zero attached hydrogens (tertiary/aromatic N) is 3. The van der Waals surface area contributed by atoms with Gasteiger partial charge in [-0.05, 0) is 25.5 Å². The normalized spacial score (nSPS) is 17.8. The first kappa shape index (κ1) is 14.3. The van der Waals surface area contributed by atoms with E-state index in [9.17, 15) is 8.42 Å². The second kappa shape index (κ2) is 4.99. The largest absolute Gasteiger partial charge is 0.482 e. The Balaban J connectivity index is 2.04. The van der Waals surface area contributed by atoms with Crippen LogP contribution in [0.2, 0.25) is 0 Å². The summed E-state index contributed by atoms with van der Waals surface area (Å²) in [4.78, 5) is 0. The van der Waals surface area contributed by atoms with Crippen LogP contribution < -0.4 is 4.74 Å². The van der Waals surface area contributed by atoms with Crippen molar-refractivity contribution >= 4 is 19.7 Å². The molecule has 0 saturated carbocycles. The summed E-state index contributed by atoms with van der Waals surface area (Å²) in [7, 11) is 1.48. The minimum absolute atomic E-state index is 0.147. The second-order valence-corrected chi connectivity index (χ2v) is 7.62. The summed E-state index contributed by atoms with van der Waals surface area (Å²) in [5, 5.41) is 7.48. The Morgan fingerprint density at radius 2 is 2.05 bits per heavy atom. The highest BCUT2D eigenvalue weighted by atomic mass is 35.7. The van der Waals surface area contributed by atoms with Crippen molar-refractivity contribution in [3.05, 3.63) is 35.7 Å². The molecule has 1 aliphatic rings. The highest BCUT2D eigenvalue weighted by Crippen LogP contribution is 2.37. The molecule has 0 aliphatic carbocycles. The van der Waals surface area contributed by atoms with E-state index in [0.29, 0.717) is 12.2 Å². The van der Waals surface area contributed by atoms with E-state index in [2.05, 4.69) is 10.2 Å². The van der Waals surface area contributed by atoms with Gasteiger partial charge in [-0.15, -0.1) is 10.2 Å². The van der Waals surface area contributed by atoms with E-state index in [1.165, 1.54) is 4.57 Å². The van der Waals surface area contributed by atoms with Gasteiger partial charge in [-0.1, -0.05) is 18.2 Å². The summed E-state index contributed by atoms with van der Waals surface area (Å²) in [6.45, 7) is 3.70. The maximum atomic E-state index is 11.6. The lowest BCUT2D eigenvalue weighted by Crippen LogP contribution is -2.16. The van der Waals surface area contributed by atoms with Crippen LogP contribution in [-0.2, 0) is 15.5 Å². The predicted molar refractivity (Wildman–Crippen MR) is 77.0 cm³/mol. The first-order valence-electron chi connectivity index (χ1n) is 6.52. The van der Waals surface area contributed by atoms with E-state index in [1.807, 2.05) is 38.1 Å². The predicted octanol–water partition coefficient (Wildman–Crippen LogP) is 2.46. The zero-order chi connectivity index (χ0) is 15.2. The van der Waals surface area contributed by atoms with Crippen molar-refractivity contribution in [1.82, 2.24) is 14.8 Å². The van der Waals surface area contributed by atoms with Gasteiger partial charge in [0.2, 0.25) is 0 Å². The molecule has 1 atom stereocenters. The van der Waals surface area contributed by atoms with Gasteiger partial charge < -0.3 is 4.74 Å². The van der Waals surface area contributed by atoms with E-state index in [1.54, 1.807) is 0 Å².